The molecule has 2 aromatic carbocycles. The van der Waals surface area contributed by atoms with Gasteiger partial charge in [0.15, 0.2) is 6.29 Å². The quantitative estimate of drug-likeness (QED) is 0.414. The van der Waals surface area contributed by atoms with E-state index in [0.29, 0.717) is 18.8 Å². The van der Waals surface area contributed by atoms with Crippen LogP contribution in [0.3, 0.4) is 0 Å². The third-order valence-electron chi connectivity index (χ3n) is 5.96. The minimum atomic E-state index is -1.55. The summed E-state index contributed by atoms with van der Waals surface area (Å²) in [5, 5.41) is 24.1. The molecule has 7 nitrogen and oxygen atoms in total. The van der Waals surface area contributed by atoms with E-state index in [1.807, 2.05) is 13.0 Å². The summed E-state index contributed by atoms with van der Waals surface area (Å²) in [5.41, 5.74) is -0.727. The number of rotatable bonds is 9. The minimum absolute atomic E-state index is 0.0358. The van der Waals surface area contributed by atoms with Gasteiger partial charge in [0.05, 0.1) is 36.6 Å². The van der Waals surface area contributed by atoms with Gasteiger partial charge in [-0.05, 0) is 24.3 Å². The number of hydrogen-bond donors (Lipinski definition) is 1. The average Bonchev–Trinajstić information content (AvgIpc) is 3.41. The molecule has 1 aliphatic rings. The highest BCUT2D eigenvalue weighted by atomic mass is 32.2. The van der Waals surface area contributed by atoms with Crippen molar-refractivity contribution in [2.24, 2.45) is 0 Å². The van der Waals surface area contributed by atoms with Crippen LogP contribution in [0.25, 0.3) is 6.08 Å². The van der Waals surface area contributed by atoms with Gasteiger partial charge < -0.3 is 14.6 Å². The Bertz CT molecular complexity index is 1290. The molecule has 0 amide bonds. The van der Waals surface area contributed by atoms with E-state index in [1.165, 1.54) is 41.2 Å². The monoisotopic (exact) mass is 524 g/mol. The molecule has 1 saturated heterocycles. The fourth-order valence-electron chi connectivity index (χ4n) is 3.94. The number of nitrogens with zero attached hydrogens (tertiary/aromatic N) is 4. The van der Waals surface area contributed by atoms with E-state index in [9.17, 15) is 13.9 Å². The van der Waals surface area contributed by atoms with Crippen LogP contribution in [0, 0.1) is 23.0 Å². The van der Waals surface area contributed by atoms with Gasteiger partial charge >= 0.3 is 0 Å². The fraction of sp³-hybridized carbons (Fsp3) is 0.296. The molecule has 2 atom stereocenters. The molecule has 10 heteroatoms. The van der Waals surface area contributed by atoms with E-state index in [1.54, 1.807) is 54.6 Å². The van der Waals surface area contributed by atoms with Gasteiger partial charge in [-0.2, -0.15) is 10.4 Å². The molecule has 192 valence electrons. The highest BCUT2D eigenvalue weighted by Crippen LogP contribution is 2.38. The van der Waals surface area contributed by atoms with Crippen molar-refractivity contribution < 1.29 is 23.4 Å². The molecular formula is C27H26F2N4O3S. The lowest BCUT2D eigenvalue weighted by atomic mass is 9.90. The van der Waals surface area contributed by atoms with E-state index in [-0.39, 0.29) is 22.9 Å². The van der Waals surface area contributed by atoms with Crippen molar-refractivity contribution in [3.63, 3.8) is 0 Å². The van der Waals surface area contributed by atoms with Crippen LogP contribution in [0.2, 0.25) is 0 Å². The first-order chi connectivity index (χ1) is 17.9. The second-order valence-electron chi connectivity index (χ2n) is 8.52. The van der Waals surface area contributed by atoms with Crippen LogP contribution in [0.4, 0.5) is 8.78 Å². The molecule has 1 aromatic heterocycles. The summed E-state index contributed by atoms with van der Waals surface area (Å²) in [6.07, 6.45) is 8.95. The van der Waals surface area contributed by atoms with Crippen LogP contribution in [-0.2, 0) is 21.6 Å². The maximum absolute atomic E-state index is 14.7. The summed E-state index contributed by atoms with van der Waals surface area (Å²) in [6.45, 7) is 2.62. The van der Waals surface area contributed by atoms with Gasteiger partial charge in [0, 0.05) is 16.4 Å². The van der Waals surface area contributed by atoms with Gasteiger partial charge in [0.1, 0.15) is 29.9 Å². The van der Waals surface area contributed by atoms with Crippen LogP contribution in [-0.4, -0.2) is 49.9 Å². The van der Waals surface area contributed by atoms with Crippen molar-refractivity contribution in [2.75, 3.05) is 13.2 Å². The number of ether oxygens (including phenoxy) is 2. The molecule has 0 spiro atoms. The number of benzene rings is 2. The smallest absolute Gasteiger partial charge is 0.177 e. The maximum Gasteiger partial charge on any atom is 0.177 e. The molecule has 4 rings (SSSR count). The Balaban J connectivity index is 1.34. The molecule has 0 bridgehead atoms. The van der Waals surface area contributed by atoms with Crippen LogP contribution in [0.1, 0.15) is 23.6 Å². The van der Waals surface area contributed by atoms with Gasteiger partial charge in [-0.15, -0.1) is 11.8 Å². The number of hydrogen-bond acceptors (Lipinski definition) is 7. The zero-order valence-corrected chi connectivity index (χ0v) is 20.9. The van der Waals surface area contributed by atoms with E-state index < -0.39 is 28.8 Å². The standard InChI is InChI=1S/C27H26F2N4O3S/c1-19(27(34,16-33-18-31-17-32-33)23-7-3-4-8-24(23)28)37-22-14-35-26(36-15-22)9-5-2-6-21-11-10-20(13-30)12-25(21)29/h2-12,17-19,22,26,34H,14-16H2,1H3/b6-2+,9-5+/t19?,22?,26?,27-/m1/s1. The van der Waals surface area contributed by atoms with Crippen molar-refractivity contribution >= 4 is 17.8 Å². The number of nitriles is 1. The van der Waals surface area contributed by atoms with Crippen LogP contribution in [0.15, 0.2) is 73.3 Å². The van der Waals surface area contributed by atoms with Crippen molar-refractivity contribution in [3.05, 3.63) is 102 Å². The highest BCUT2D eigenvalue weighted by Gasteiger charge is 2.41. The lowest BCUT2D eigenvalue weighted by Gasteiger charge is -2.37. The zero-order chi connectivity index (χ0) is 26.3. The first-order valence-corrected chi connectivity index (χ1v) is 12.6. The van der Waals surface area contributed by atoms with E-state index in [0.717, 1.165) is 0 Å². The zero-order valence-electron chi connectivity index (χ0n) is 20.1. The second-order valence-corrected chi connectivity index (χ2v) is 10.2. The largest absolute Gasteiger partial charge is 0.382 e. The predicted molar refractivity (Wildman–Crippen MR) is 136 cm³/mol. The third-order valence-corrected chi connectivity index (χ3v) is 7.41. The Kier molecular flexibility index (Phi) is 8.84. The molecular weight excluding hydrogens is 498 g/mol. The average molecular weight is 525 g/mol. The van der Waals surface area contributed by atoms with Gasteiger partial charge in [0.25, 0.3) is 0 Å². The maximum atomic E-state index is 14.7. The number of aromatic nitrogens is 3. The number of thioether (sulfide) groups is 1. The van der Waals surface area contributed by atoms with Gasteiger partial charge in [-0.1, -0.05) is 49.4 Å². The first kappa shape index (κ1) is 26.7. The summed E-state index contributed by atoms with van der Waals surface area (Å²) >= 11 is 1.45. The third kappa shape index (κ3) is 6.70. The number of allylic oxidation sites excluding steroid dienone is 2. The molecule has 0 radical (unpaired) electrons. The van der Waals surface area contributed by atoms with Gasteiger partial charge in [-0.3, -0.25) is 0 Å². The summed E-state index contributed by atoms with van der Waals surface area (Å²) in [6, 6.07) is 12.4. The van der Waals surface area contributed by atoms with Crippen molar-refractivity contribution in [1.82, 2.24) is 14.8 Å². The molecule has 37 heavy (non-hydrogen) atoms. The Labute approximate surface area is 218 Å². The van der Waals surface area contributed by atoms with E-state index >= 15 is 0 Å². The number of halogens is 2. The SMILES string of the molecule is CC(SC1COC(/C=C/C=C/c2ccc(C#N)cc2F)OC1)[C@](O)(Cn1cncn1)c1ccccc1F. The Morgan fingerprint density at radius 3 is 2.68 bits per heavy atom. The van der Waals surface area contributed by atoms with Crippen LogP contribution in [0.5, 0.6) is 0 Å². The van der Waals surface area contributed by atoms with Gasteiger partial charge in [-0.25, -0.2) is 18.4 Å². The molecule has 1 unspecified atom stereocenters. The Morgan fingerprint density at radius 1 is 1.22 bits per heavy atom. The van der Waals surface area contributed by atoms with Crippen molar-refractivity contribution in [1.29, 1.82) is 5.26 Å². The van der Waals surface area contributed by atoms with Crippen LogP contribution < -0.4 is 0 Å². The molecule has 2 heterocycles. The Hall–Kier alpha value is -3.36. The van der Waals surface area contributed by atoms with Crippen molar-refractivity contribution in [2.45, 2.75) is 35.9 Å². The van der Waals surface area contributed by atoms with Crippen LogP contribution >= 0.6 is 11.8 Å². The highest BCUT2D eigenvalue weighted by molar-refractivity contribution is 8.00. The summed E-state index contributed by atoms with van der Waals surface area (Å²) in [7, 11) is 0. The molecule has 1 N–H and O–H groups in total. The topological polar surface area (TPSA) is 93.2 Å². The minimum Gasteiger partial charge on any atom is -0.382 e. The molecule has 1 fully saturated rings. The second kappa shape index (κ2) is 12.3. The predicted octanol–water partition coefficient (Wildman–Crippen LogP) is 4.45. The van der Waals surface area contributed by atoms with Gasteiger partial charge in [0.2, 0.25) is 0 Å². The molecule has 0 saturated carbocycles. The van der Waals surface area contributed by atoms with E-state index in [2.05, 4.69) is 10.1 Å². The van der Waals surface area contributed by atoms with Crippen molar-refractivity contribution in [3.8, 4) is 6.07 Å². The molecule has 0 aliphatic carbocycles. The summed E-state index contributed by atoms with van der Waals surface area (Å²) < 4.78 is 41.7. The Morgan fingerprint density at radius 2 is 2.00 bits per heavy atom. The lowest BCUT2D eigenvalue weighted by Crippen LogP contribution is -2.43. The fourth-order valence-corrected chi connectivity index (χ4v) is 5.26. The van der Waals surface area contributed by atoms with E-state index in [4.69, 9.17) is 14.7 Å². The normalized spacial score (nSPS) is 20.6. The summed E-state index contributed by atoms with van der Waals surface area (Å²) in [4.78, 5) is 3.92. The first-order valence-electron chi connectivity index (χ1n) is 11.6. The number of aliphatic hydroxyl groups is 1. The molecule has 1 aliphatic heterocycles. The summed E-state index contributed by atoms with van der Waals surface area (Å²) in [5.74, 6) is -0.963. The molecule has 3 aromatic rings. The lowest BCUT2D eigenvalue weighted by molar-refractivity contribution is -0.146.